The maximum atomic E-state index is 12.5. The van der Waals surface area contributed by atoms with Crippen molar-refractivity contribution < 1.29 is 14.4 Å². The van der Waals surface area contributed by atoms with Gasteiger partial charge in [-0.15, -0.1) is 0 Å². The van der Waals surface area contributed by atoms with Crippen LogP contribution < -0.4 is 11.3 Å². The first kappa shape index (κ1) is 12.5. The number of rotatable bonds is 1. The van der Waals surface area contributed by atoms with Crippen LogP contribution in [0.2, 0.25) is 0 Å². The van der Waals surface area contributed by atoms with Crippen LogP contribution in [0.5, 0.6) is 0 Å². The number of carbonyl (C=O) groups is 3. The van der Waals surface area contributed by atoms with Crippen molar-refractivity contribution in [3.63, 3.8) is 0 Å². The molecule has 1 aromatic carbocycles. The Labute approximate surface area is 115 Å². The zero-order valence-electron chi connectivity index (χ0n) is 10.5. The molecule has 0 saturated carbocycles. The summed E-state index contributed by atoms with van der Waals surface area (Å²) in [6.45, 7) is 0. The Kier molecular flexibility index (Phi) is 2.84. The number of fused-ring (bicyclic) bond motifs is 2. The molecule has 2 atom stereocenters. The molecule has 0 aromatic heterocycles. The van der Waals surface area contributed by atoms with Crippen molar-refractivity contribution in [1.29, 1.82) is 0 Å². The van der Waals surface area contributed by atoms with E-state index in [4.69, 9.17) is 5.84 Å². The van der Waals surface area contributed by atoms with Crippen LogP contribution in [0.1, 0.15) is 20.7 Å². The van der Waals surface area contributed by atoms with Gasteiger partial charge in [0, 0.05) is 16.7 Å². The van der Waals surface area contributed by atoms with E-state index in [-0.39, 0.29) is 11.6 Å². The monoisotopic (exact) mass is 268 g/mol. The first-order valence-corrected chi connectivity index (χ1v) is 6.22. The third-order valence-electron chi connectivity index (χ3n) is 3.69. The molecule has 0 spiro atoms. The fourth-order valence-corrected chi connectivity index (χ4v) is 2.68. The highest BCUT2D eigenvalue weighted by Gasteiger charge is 2.40. The third-order valence-corrected chi connectivity index (χ3v) is 3.69. The minimum Gasteiger partial charge on any atom is -0.293 e. The number of hydrogen-bond acceptors (Lipinski definition) is 4. The van der Waals surface area contributed by atoms with Crippen LogP contribution in [0.25, 0.3) is 0 Å². The Morgan fingerprint density at radius 1 is 1.05 bits per heavy atom. The molecule has 2 aliphatic rings. The smallest absolute Gasteiger partial charge is 0.264 e. The van der Waals surface area contributed by atoms with Crippen LogP contribution >= 0.6 is 0 Å². The van der Waals surface area contributed by atoms with E-state index in [1.165, 1.54) is 12.2 Å². The van der Waals surface area contributed by atoms with E-state index in [0.29, 0.717) is 16.7 Å². The number of nitrogens with two attached hydrogens (primary N) is 1. The van der Waals surface area contributed by atoms with E-state index in [0.717, 1.165) is 0 Å². The number of nitrogens with one attached hydrogen (secondary N) is 1. The molecule has 20 heavy (non-hydrogen) atoms. The Hall–Kier alpha value is -2.53. The van der Waals surface area contributed by atoms with E-state index in [1.807, 2.05) is 5.43 Å². The molecule has 2 aliphatic carbocycles. The van der Waals surface area contributed by atoms with Crippen LogP contribution in [0, 0.1) is 11.8 Å². The van der Waals surface area contributed by atoms with Gasteiger partial charge in [-0.3, -0.25) is 19.8 Å². The number of ketones is 2. The van der Waals surface area contributed by atoms with Crippen molar-refractivity contribution in [1.82, 2.24) is 5.43 Å². The first-order chi connectivity index (χ1) is 9.63. The first-order valence-electron chi connectivity index (χ1n) is 6.22. The maximum absolute atomic E-state index is 12.5. The SMILES string of the molecule is NNC(=O)C1=CC2C(=O)c3ccccc3C(=O)C2C=C1. The summed E-state index contributed by atoms with van der Waals surface area (Å²) < 4.78 is 0. The van der Waals surface area contributed by atoms with Crippen molar-refractivity contribution in [2.45, 2.75) is 0 Å². The number of allylic oxidation sites excluding steroid dienone is 2. The molecular formula is C15H12N2O3. The van der Waals surface area contributed by atoms with Gasteiger partial charge in [0.25, 0.3) is 5.91 Å². The lowest BCUT2D eigenvalue weighted by Gasteiger charge is -2.29. The van der Waals surface area contributed by atoms with E-state index >= 15 is 0 Å². The van der Waals surface area contributed by atoms with E-state index in [1.54, 1.807) is 30.3 Å². The second-order valence-corrected chi connectivity index (χ2v) is 4.78. The molecule has 3 rings (SSSR count). The zero-order valence-corrected chi connectivity index (χ0v) is 10.5. The summed E-state index contributed by atoms with van der Waals surface area (Å²) in [6, 6.07) is 6.76. The highest BCUT2D eigenvalue weighted by molar-refractivity contribution is 6.18. The van der Waals surface area contributed by atoms with Gasteiger partial charge in [0.1, 0.15) is 0 Å². The van der Waals surface area contributed by atoms with Gasteiger partial charge in [-0.05, 0) is 0 Å². The number of Topliss-reactive ketones (excluding diaryl/α,β-unsaturated/α-hetero) is 2. The maximum Gasteiger partial charge on any atom is 0.264 e. The molecule has 5 nitrogen and oxygen atoms in total. The average molecular weight is 268 g/mol. The van der Waals surface area contributed by atoms with Gasteiger partial charge in [-0.2, -0.15) is 0 Å². The Balaban J connectivity index is 2.08. The fraction of sp³-hybridized carbons (Fsp3) is 0.133. The van der Waals surface area contributed by atoms with Crippen molar-refractivity contribution in [3.05, 3.63) is 59.2 Å². The van der Waals surface area contributed by atoms with Gasteiger partial charge in [0.05, 0.1) is 11.8 Å². The van der Waals surface area contributed by atoms with Gasteiger partial charge in [-0.25, -0.2) is 5.84 Å². The fourth-order valence-electron chi connectivity index (χ4n) is 2.68. The normalized spacial score (nSPS) is 23.8. The van der Waals surface area contributed by atoms with Crippen molar-refractivity contribution in [2.24, 2.45) is 17.7 Å². The Morgan fingerprint density at radius 2 is 1.65 bits per heavy atom. The Bertz CT molecular complexity index is 688. The second-order valence-electron chi connectivity index (χ2n) is 4.78. The number of hydrazine groups is 1. The van der Waals surface area contributed by atoms with Crippen molar-refractivity contribution in [3.8, 4) is 0 Å². The summed E-state index contributed by atoms with van der Waals surface area (Å²) in [5.41, 5.74) is 3.18. The predicted molar refractivity (Wildman–Crippen MR) is 71.6 cm³/mol. The minimum atomic E-state index is -0.630. The average Bonchev–Trinajstić information content (AvgIpc) is 2.51. The molecule has 0 saturated heterocycles. The van der Waals surface area contributed by atoms with Gasteiger partial charge in [0.15, 0.2) is 11.6 Å². The lowest BCUT2D eigenvalue weighted by atomic mass is 9.71. The summed E-state index contributed by atoms with van der Waals surface area (Å²) >= 11 is 0. The molecule has 1 amide bonds. The number of amides is 1. The minimum absolute atomic E-state index is 0.0927. The van der Waals surface area contributed by atoms with Crippen LogP contribution in [0.15, 0.2) is 48.1 Å². The van der Waals surface area contributed by atoms with Crippen LogP contribution in [-0.4, -0.2) is 17.5 Å². The third kappa shape index (κ3) is 1.71. The number of benzene rings is 1. The molecule has 0 radical (unpaired) electrons. The molecule has 0 fully saturated rings. The summed E-state index contributed by atoms with van der Waals surface area (Å²) in [4.78, 5) is 36.4. The van der Waals surface area contributed by atoms with Crippen molar-refractivity contribution in [2.75, 3.05) is 0 Å². The molecule has 0 bridgehead atoms. The van der Waals surface area contributed by atoms with E-state index < -0.39 is 17.7 Å². The predicted octanol–water partition coefficient (Wildman–Crippen LogP) is 0.784. The van der Waals surface area contributed by atoms with Gasteiger partial charge in [-0.1, -0.05) is 42.5 Å². The topological polar surface area (TPSA) is 89.3 Å². The van der Waals surface area contributed by atoms with Crippen LogP contribution in [0.3, 0.4) is 0 Å². The van der Waals surface area contributed by atoms with E-state index in [2.05, 4.69) is 0 Å². The summed E-state index contributed by atoms with van der Waals surface area (Å²) in [6.07, 6.45) is 4.65. The zero-order chi connectivity index (χ0) is 14.3. The molecule has 1 aromatic rings. The summed E-state index contributed by atoms with van der Waals surface area (Å²) in [7, 11) is 0. The molecule has 3 N–H and O–H groups in total. The lowest BCUT2D eigenvalue weighted by Crippen LogP contribution is -2.38. The Morgan fingerprint density at radius 3 is 2.25 bits per heavy atom. The van der Waals surface area contributed by atoms with Gasteiger partial charge >= 0.3 is 0 Å². The quantitative estimate of drug-likeness (QED) is 0.447. The van der Waals surface area contributed by atoms with Crippen molar-refractivity contribution >= 4 is 17.5 Å². The second kappa shape index (κ2) is 4.54. The van der Waals surface area contributed by atoms with Gasteiger partial charge in [0.2, 0.25) is 0 Å². The van der Waals surface area contributed by atoms with Gasteiger partial charge < -0.3 is 0 Å². The highest BCUT2D eigenvalue weighted by Crippen LogP contribution is 2.35. The molecular weight excluding hydrogens is 256 g/mol. The van der Waals surface area contributed by atoms with E-state index in [9.17, 15) is 14.4 Å². The number of carbonyl (C=O) groups excluding carboxylic acids is 3. The molecule has 100 valence electrons. The molecule has 5 heteroatoms. The summed E-state index contributed by atoms with van der Waals surface area (Å²) in [5.74, 6) is 3.21. The van der Waals surface area contributed by atoms with Crippen LogP contribution in [0.4, 0.5) is 0 Å². The lowest BCUT2D eigenvalue weighted by molar-refractivity contribution is -0.117. The largest absolute Gasteiger partial charge is 0.293 e. The number of hydrogen-bond donors (Lipinski definition) is 2. The van der Waals surface area contributed by atoms with Crippen LogP contribution in [-0.2, 0) is 4.79 Å². The molecule has 0 aliphatic heterocycles. The highest BCUT2D eigenvalue weighted by atomic mass is 16.2. The standard InChI is InChI=1S/C15H12N2O3/c16-17-15(20)8-5-6-11-12(7-8)14(19)10-4-2-1-3-9(10)13(11)18/h1-7,11-12H,16H2,(H,17,20). The summed E-state index contributed by atoms with van der Waals surface area (Å²) in [5, 5.41) is 0. The molecule has 2 unspecified atom stereocenters. The molecule has 0 heterocycles.